The summed E-state index contributed by atoms with van der Waals surface area (Å²) in [6, 6.07) is 0. The first kappa shape index (κ1) is 10.2. The van der Waals surface area contributed by atoms with Crippen LogP contribution in [0.25, 0.3) is 0 Å². The van der Waals surface area contributed by atoms with Crippen LogP contribution in [0.3, 0.4) is 0 Å². The number of halogens is 1. The smallest absolute Gasteiger partial charge is 0.0679 e. The molecule has 0 atom stereocenters. The third kappa shape index (κ3) is 2.07. The fraction of sp³-hybridized carbons (Fsp3) is 0.400. The first-order valence-corrected chi connectivity index (χ1v) is 4.49. The van der Waals surface area contributed by atoms with Gasteiger partial charge in [0, 0.05) is 24.2 Å². The lowest BCUT2D eigenvalue weighted by Gasteiger charge is -2.21. The minimum atomic E-state index is -0.0230. The molecule has 1 N–H and O–H groups in total. The van der Waals surface area contributed by atoms with E-state index < -0.39 is 0 Å². The van der Waals surface area contributed by atoms with Gasteiger partial charge in [0.1, 0.15) is 0 Å². The third-order valence-electron chi connectivity index (χ3n) is 1.89. The van der Waals surface area contributed by atoms with Crippen molar-refractivity contribution in [3.05, 3.63) is 28.5 Å². The second-order valence-corrected chi connectivity index (χ2v) is 4.38. The van der Waals surface area contributed by atoms with Crippen molar-refractivity contribution in [1.82, 2.24) is 4.98 Å². The molecule has 0 aromatic carbocycles. The van der Waals surface area contributed by atoms with Crippen LogP contribution < -0.4 is 0 Å². The predicted octanol–water partition coefficient (Wildman–Crippen LogP) is 3.03. The van der Waals surface area contributed by atoms with Gasteiger partial charge in [-0.15, -0.1) is 0 Å². The molecular weight excluding hydrogens is 184 g/mol. The predicted molar refractivity (Wildman–Crippen MR) is 55.8 cm³/mol. The second kappa shape index (κ2) is 3.46. The Labute approximate surface area is 83.5 Å². The highest BCUT2D eigenvalue weighted by atomic mass is 35.5. The van der Waals surface area contributed by atoms with E-state index in [-0.39, 0.29) is 5.41 Å². The van der Waals surface area contributed by atoms with E-state index >= 15 is 0 Å². The molecule has 0 aliphatic rings. The number of nitrogens with one attached hydrogen (secondary N) is 1. The van der Waals surface area contributed by atoms with Gasteiger partial charge in [0.05, 0.1) is 5.02 Å². The van der Waals surface area contributed by atoms with Crippen LogP contribution in [0.4, 0.5) is 0 Å². The van der Waals surface area contributed by atoms with E-state index in [1.165, 1.54) is 6.21 Å². The van der Waals surface area contributed by atoms with Gasteiger partial charge in [-0.3, -0.25) is 4.98 Å². The molecule has 1 rings (SSSR count). The lowest BCUT2D eigenvalue weighted by Crippen LogP contribution is -2.14. The van der Waals surface area contributed by atoms with Crippen LogP contribution in [0.15, 0.2) is 12.4 Å². The number of pyridine rings is 1. The van der Waals surface area contributed by atoms with Crippen molar-refractivity contribution in [2.24, 2.45) is 0 Å². The molecule has 0 radical (unpaired) electrons. The Balaban J connectivity index is 3.37. The van der Waals surface area contributed by atoms with Crippen LogP contribution in [0.1, 0.15) is 31.9 Å². The van der Waals surface area contributed by atoms with Crippen LogP contribution in [-0.4, -0.2) is 11.2 Å². The quantitative estimate of drug-likeness (QED) is 0.689. The minimum Gasteiger partial charge on any atom is -0.308 e. The summed E-state index contributed by atoms with van der Waals surface area (Å²) in [6.07, 6.45) is 4.62. The summed E-state index contributed by atoms with van der Waals surface area (Å²) in [4.78, 5) is 4.02. The first-order chi connectivity index (χ1) is 5.96. The fourth-order valence-electron chi connectivity index (χ4n) is 1.19. The molecule has 0 saturated carbocycles. The highest BCUT2D eigenvalue weighted by molar-refractivity contribution is 6.33. The first-order valence-electron chi connectivity index (χ1n) is 4.11. The summed E-state index contributed by atoms with van der Waals surface area (Å²) in [6.45, 7) is 6.23. The van der Waals surface area contributed by atoms with Gasteiger partial charge in [-0.2, -0.15) is 0 Å². The number of aromatic nitrogens is 1. The van der Waals surface area contributed by atoms with Crippen molar-refractivity contribution in [2.45, 2.75) is 26.2 Å². The Bertz CT molecular complexity index is 326. The van der Waals surface area contributed by atoms with Crippen LogP contribution in [0, 0.1) is 5.41 Å². The van der Waals surface area contributed by atoms with Crippen molar-refractivity contribution in [2.75, 3.05) is 0 Å². The molecule has 0 amide bonds. The molecule has 2 nitrogen and oxygen atoms in total. The molecule has 0 unspecified atom stereocenters. The molecule has 3 heteroatoms. The minimum absolute atomic E-state index is 0.0230. The summed E-state index contributed by atoms with van der Waals surface area (Å²) in [7, 11) is 0. The molecule has 0 aliphatic carbocycles. The van der Waals surface area contributed by atoms with Gasteiger partial charge in [0.2, 0.25) is 0 Å². The van der Waals surface area contributed by atoms with Gasteiger partial charge in [-0.05, 0) is 11.0 Å². The number of nitrogens with zero attached hydrogens (tertiary/aromatic N) is 1. The highest BCUT2D eigenvalue weighted by Crippen LogP contribution is 2.27. The van der Waals surface area contributed by atoms with Crippen molar-refractivity contribution in [1.29, 1.82) is 5.41 Å². The lowest BCUT2D eigenvalue weighted by atomic mass is 9.85. The van der Waals surface area contributed by atoms with Crippen LogP contribution in [-0.2, 0) is 5.41 Å². The zero-order valence-electron chi connectivity index (χ0n) is 8.06. The Morgan fingerprint density at radius 2 is 2.00 bits per heavy atom. The van der Waals surface area contributed by atoms with Crippen molar-refractivity contribution in [3.63, 3.8) is 0 Å². The second-order valence-electron chi connectivity index (χ2n) is 3.98. The summed E-state index contributed by atoms with van der Waals surface area (Å²) < 4.78 is 0. The number of hydrogen-bond donors (Lipinski definition) is 1. The van der Waals surface area contributed by atoms with E-state index in [0.29, 0.717) is 5.02 Å². The zero-order chi connectivity index (χ0) is 10.1. The Morgan fingerprint density at radius 3 is 2.38 bits per heavy atom. The maximum absolute atomic E-state index is 7.27. The van der Waals surface area contributed by atoms with Crippen LogP contribution in [0.2, 0.25) is 5.02 Å². The molecule has 70 valence electrons. The topological polar surface area (TPSA) is 36.7 Å². The Morgan fingerprint density at radius 1 is 1.38 bits per heavy atom. The SMILES string of the molecule is CC(C)(C)c1cncc(Cl)c1C=N. The van der Waals surface area contributed by atoms with Gasteiger partial charge >= 0.3 is 0 Å². The van der Waals surface area contributed by atoms with E-state index in [9.17, 15) is 0 Å². The monoisotopic (exact) mass is 196 g/mol. The molecule has 0 saturated heterocycles. The largest absolute Gasteiger partial charge is 0.308 e. The molecule has 1 heterocycles. The summed E-state index contributed by atoms with van der Waals surface area (Å²) in [5.41, 5.74) is 1.75. The Kier molecular flexibility index (Phi) is 2.71. The van der Waals surface area contributed by atoms with Gasteiger partial charge in [-0.1, -0.05) is 32.4 Å². The third-order valence-corrected chi connectivity index (χ3v) is 2.19. The molecule has 0 aliphatic heterocycles. The average Bonchev–Trinajstić information content (AvgIpc) is 2.02. The zero-order valence-corrected chi connectivity index (χ0v) is 8.81. The van der Waals surface area contributed by atoms with E-state index in [0.717, 1.165) is 11.1 Å². The maximum Gasteiger partial charge on any atom is 0.0679 e. The van der Waals surface area contributed by atoms with Gasteiger partial charge in [-0.25, -0.2) is 0 Å². The standard InChI is InChI=1S/C10H13ClN2/c1-10(2,3)8-5-13-6-9(11)7(8)4-12/h4-6,12H,1-3H3. The van der Waals surface area contributed by atoms with Crippen molar-refractivity contribution >= 4 is 17.8 Å². The molecule has 1 aromatic rings. The van der Waals surface area contributed by atoms with Crippen LogP contribution in [0.5, 0.6) is 0 Å². The lowest BCUT2D eigenvalue weighted by molar-refractivity contribution is 0.586. The van der Waals surface area contributed by atoms with E-state index in [1.807, 2.05) is 0 Å². The normalized spacial score (nSPS) is 11.4. The Hall–Kier alpha value is -0.890. The molecule has 0 bridgehead atoms. The molecule has 0 fully saturated rings. The summed E-state index contributed by atoms with van der Waals surface area (Å²) in [5, 5.41) is 7.81. The molecule has 1 aromatic heterocycles. The highest BCUT2D eigenvalue weighted by Gasteiger charge is 2.18. The molecule has 13 heavy (non-hydrogen) atoms. The van der Waals surface area contributed by atoms with Crippen molar-refractivity contribution in [3.8, 4) is 0 Å². The number of hydrogen-bond acceptors (Lipinski definition) is 2. The molecule has 0 spiro atoms. The van der Waals surface area contributed by atoms with Crippen LogP contribution >= 0.6 is 11.6 Å². The summed E-state index contributed by atoms with van der Waals surface area (Å²) >= 11 is 5.92. The van der Waals surface area contributed by atoms with Gasteiger partial charge in [0.25, 0.3) is 0 Å². The average molecular weight is 197 g/mol. The summed E-state index contributed by atoms with van der Waals surface area (Å²) in [5.74, 6) is 0. The maximum atomic E-state index is 7.27. The van der Waals surface area contributed by atoms with Crippen molar-refractivity contribution < 1.29 is 0 Å². The molecular formula is C10H13ClN2. The fourth-order valence-corrected chi connectivity index (χ4v) is 1.40. The van der Waals surface area contributed by atoms with E-state index in [4.69, 9.17) is 17.0 Å². The van der Waals surface area contributed by atoms with E-state index in [2.05, 4.69) is 25.8 Å². The van der Waals surface area contributed by atoms with E-state index in [1.54, 1.807) is 12.4 Å². The number of rotatable bonds is 1. The van der Waals surface area contributed by atoms with Gasteiger partial charge < -0.3 is 5.41 Å². The van der Waals surface area contributed by atoms with Gasteiger partial charge in [0.15, 0.2) is 0 Å².